The van der Waals surface area contributed by atoms with E-state index in [1.807, 2.05) is 41.5 Å². The molecular weight excluding hydrogens is 823 g/mol. The number of carbonyl (C=O) groups is 4. The van der Waals surface area contributed by atoms with Crippen molar-refractivity contribution in [1.82, 2.24) is 16.0 Å². The summed E-state index contributed by atoms with van der Waals surface area (Å²) >= 11 is -1.19. The monoisotopic (exact) mass is 899 g/mol. The minimum atomic E-state index is -3.46. The van der Waals surface area contributed by atoms with E-state index < -0.39 is 72.6 Å². The van der Waals surface area contributed by atoms with Crippen LogP contribution in [-0.4, -0.2) is 126 Å². The van der Waals surface area contributed by atoms with Crippen LogP contribution in [0, 0.1) is 29.6 Å². The number of aliphatic hydroxyl groups excluding tert-OH is 2. The number of rotatable bonds is 23. The number of aliphatic hydroxyl groups is 2. The molecular formula is C38H76AsN5O10P2. The second-order valence-electron chi connectivity index (χ2n) is 17.2. The van der Waals surface area contributed by atoms with Crippen molar-refractivity contribution in [2.75, 3.05) is 37.7 Å². The molecule has 0 saturated heterocycles. The molecule has 2 aliphatic rings. The molecule has 11 N–H and O–H groups in total. The summed E-state index contributed by atoms with van der Waals surface area (Å²) in [5, 5.41) is 28.5. The zero-order valence-electron chi connectivity index (χ0n) is 34.8. The van der Waals surface area contributed by atoms with Crippen LogP contribution in [0.5, 0.6) is 0 Å². The standard InChI is InChI=1S/C21H42N3O5P.C17H34AsN2O5P/c1-14(2)10-18(24-21(27)19(22)15(3)4)20(26)23-11-17(25)13-30(28,29)12-16-8-6-5-7-9-16;1-12(2)16(20-15(22)9-19)17(23)18-8-14(21)11-26(24,25)10-13-6-4-3-5-7-13/h14-19,25H,5-13,22H2,1-4H3,(H,23,26)(H,24,27)(H,28,29);12-14,16,18,21H,3-11,19H2,1-2H3,(H,20,22)(H,24,25)/t17-,18-,19-;14-,16-/m00/s1. The topological polar surface area (TPSA) is 271 Å². The molecule has 2 fully saturated rings. The Bertz CT molecular complexity index is 1300. The maximum atomic E-state index is 12.6. The van der Waals surface area contributed by atoms with E-state index in [0.29, 0.717) is 6.42 Å². The van der Waals surface area contributed by atoms with E-state index in [-0.39, 0.29) is 83.0 Å². The quantitative estimate of drug-likeness (QED) is 0.0529. The number of nitrogens with two attached hydrogens (primary N) is 2. The first-order valence-corrected chi connectivity index (χ1v) is 27.2. The van der Waals surface area contributed by atoms with Gasteiger partial charge in [-0.1, -0.05) is 47.0 Å². The average Bonchev–Trinajstić information content (AvgIpc) is 3.10. The molecule has 2 aliphatic carbocycles. The maximum absolute atomic E-state index is 12.6. The summed E-state index contributed by atoms with van der Waals surface area (Å²) < 4.78 is 24.9. The van der Waals surface area contributed by atoms with E-state index in [9.17, 15) is 48.3 Å². The van der Waals surface area contributed by atoms with Gasteiger partial charge in [0.25, 0.3) is 0 Å². The molecule has 0 radical (unpaired) electrons. The van der Waals surface area contributed by atoms with Crippen LogP contribution in [0.3, 0.4) is 0 Å². The minimum absolute atomic E-state index is 0.0579. The molecule has 0 heterocycles. The number of hydrogen-bond acceptors (Lipinski definition) is 10. The Balaban J connectivity index is 0.000000566. The summed E-state index contributed by atoms with van der Waals surface area (Å²) in [6, 6.07) is -2.07. The fourth-order valence-electron chi connectivity index (χ4n) is 7.19. The summed E-state index contributed by atoms with van der Waals surface area (Å²) in [5.41, 5.74) is 11.1. The molecule has 2 saturated carbocycles. The van der Waals surface area contributed by atoms with Gasteiger partial charge in [0.1, 0.15) is 6.04 Å². The second-order valence-corrected chi connectivity index (χ2v) is 24.7. The molecule has 0 aromatic heterocycles. The third kappa shape index (κ3) is 22.9. The summed E-state index contributed by atoms with van der Waals surface area (Å²) in [7, 11) is -6.83. The molecule has 0 spiro atoms. The normalized spacial score (nSPS) is 20.6. The van der Waals surface area contributed by atoms with Crippen LogP contribution in [0.25, 0.3) is 0 Å². The van der Waals surface area contributed by atoms with Gasteiger partial charge >= 0.3 is 163 Å². The molecule has 3 unspecified atom stereocenters. The van der Waals surface area contributed by atoms with Crippen LogP contribution in [0.1, 0.15) is 112 Å². The fraction of sp³-hybridized carbons (Fsp3) is 0.895. The summed E-state index contributed by atoms with van der Waals surface area (Å²) in [4.78, 5) is 69.2. The first-order valence-electron chi connectivity index (χ1n) is 20.6. The molecule has 18 heteroatoms. The number of carbonyl (C=O) groups excluding carboxylic acids is 4. The van der Waals surface area contributed by atoms with Crippen molar-refractivity contribution in [2.24, 2.45) is 41.1 Å². The predicted molar refractivity (Wildman–Crippen MR) is 224 cm³/mol. The van der Waals surface area contributed by atoms with E-state index >= 15 is 0 Å². The molecule has 56 heavy (non-hydrogen) atoms. The summed E-state index contributed by atoms with van der Waals surface area (Å²) in [6.45, 7) is 10.9. The van der Waals surface area contributed by atoms with Gasteiger partial charge < -0.3 is 26.4 Å². The number of amides is 3. The summed E-state index contributed by atoms with van der Waals surface area (Å²) in [6.07, 6.45) is 9.21. The number of hydrogen-bond donors (Lipinski definition) is 9. The van der Waals surface area contributed by atoms with Crippen molar-refractivity contribution in [3.8, 4) is 0 Å². The molecule has 3 amide bonds. The van der Waals surface area contributed by atoms with E-state index in [1.165, 1.54) is 12.8 Å². The zero-order valence-corrected chi connectivity index (χ0v) is 38.7. The van der Waals surface area contributed by atoms with Crippen molar-refractivity contribution < 1.29 is 48.3 Å². The molecule has 328 valence electrons. The Labute approximate surface area is 342 Å². The Morgan fingerprint density at radius 1 is 0.732 bits per heavy atom. The van der Waals surface area contributed by atoms with Crippen LogP contribution < -0.4 is 27.4 Å². The van der Waals surface area contributed by atoms with Crippen LogP contribution >= 0.6 is 14.7 Å². The molecule has 2 rings (SSSR count). The number of nitrogens with one attached hydrogen (secondary N) is 3. The molecule has 0 aromatic rings. The van der Waals surface area contributed by atoms with E-state index in [4.69, 9.17) is 11.5 Å². The van der Waals surface area contributed by atoms with Gasteiger partial charge in [0.2, 0.25) is 19.2 Å². The van der Waals surface area contributed by atoms with E-state index in [0.717, 1.165) is 51.4 Å². The fourth-order valence-corrected chi connectivity index (χ4v) is 14.5. The zero-order chi connectivity index (χ0) is 42.6. The van der Waals surface area contributed by atoms with Gasteiger partial charge in [-0.3, -0.25) is 14.2 Å². The van der Waals surface area contributed by atoms with Crippen LogP contribution in [-0.2, 0) is 28.3 Å². The Morgan fingerprint density at radius 3 is 1.64 bits per heavy atom. The summed E-state index contributed by atoms with van der Waals surface area (Å²) in [5.74, 6) is -0.628. The van der Waals surface area contributed by atoms with Gasteiger partial charge in [0.15, 0.2) is 0 Å². The van der Waals surface area contributed by atoms with Crippen LogP contribution in [0.15, 0.2) is 0 Å². The predicted octanol–water partition coefficient (Wildman–Crippen LogP) is 2.51. The van der Waals surface area contributed by atoms with Crippen molar-refractivity contribution in [1.29, 1.82) is 0 Å². The van der Waals surface area contributed by atoms with Gasteiger partial charge in [0, 0.05) is 12.7 Å². The third-order valence-electron chi connectivity index (χ3n) is 10.4. The first-order chi connectivity index (χ1) is 26.1. The van der Waals surface area contributed by atoms with Crippen LogP contribution in [0.2, 0.25) is 5.21 Å². The Kier molecular flexibility index (Phi) is 25.4. The van der Waals surface area contributed by atoms with Crippen LogP contribution in [0.4, 0.5) is 0 Å². The van der Waals surface area contributed by atoms with Crippen molar-refractivity contribution in [3.05, 3.63) is 0 Å². The molecule has 0 bridgehead atoms. The van der Waals surface area contributed by atoms with Crippen molar-refractivity contribution >= 4 is 52.8 Å². The van der Waals surface area contributed by atoms with E-state index in [1.54, 1.807) is 0 Å². The van der Waals surface area contributed by atoms with E-state index in [2.05, 4.69) is 16.0 Å². The van der Waals surface area contributed by atoms with Crippen molar-refractivity contribution in [2.45, 2.75) is 148 Å². The van der Waals surface area contributed by atoms with Gasteiger partial charge in [-0.2, -0.15) is 0 Å². The van der Waals surface area contributed by atoms with Crippen molar-refractivity contribution in [3.63, 3.8) is 0 Å². The Morgan fingerprint density at radius 2 is 1.21 bits per heavy atom. The van der Waals surface area contributed by atoms with Gasteiger partial charge in [-0.05, 0) is 37.0 Å². The SMILES string of the molecule is CC(C)C[C@H](NC(=O)[C@@H](N)C(C)C)C(=O)NC[C@H](O)CP(=O)(O)CC1CCCCC1.CC(C)[C@H](NC(=O)CN)C(=O)[AsH]C[C@H](O)CP(=O)(O)CC1CCCCC1. The molecule has 0 aliphatic heterocycles. The molecule has 15 nitrogen and oxygen atoms in total. The average molecular weight is 900 g/mol. The first kappa shape index (κ1) is 52.9. The Hall–Kier alpha value is -1.14. The van der Waals surface area contributed by atoms with Gasteiger partial charge in [0.05, 0.1) is 18.3 Å². The van der Waals surface area contributed by atoms with Gasteiger partial charge in [-0.25, -0.2) is 0 Å². The third-order valence-corrected chi connectivity index (χ3v) is 17.3. The van der Waals surface area contributed by atoms with Gasteiger partial charge in [-0.15, -0.1) is 0 Å². The molecule has 8 atom stereocenters. The molecule has 0 aromatic carbocycles. The second kappa shape index (κ2) is 26.9.